The molecule has 3 N–H and O–H groups in total. The molecule has 1 aromatic heterocycles. The standard InChI is InChI=1S/C15H15N3OS/c16-14(20)9-12-3-1-2-4-13(12)15(19)18-10-11-5-7-17-8-6-11/h1-8H,9-10H2,(H2,16,20)(H,18,19). The van der Waals surface area contributed by atoms with Crippen LogP contribution in [-0.2, 0) is 13.0 Å². The number of rotatable bonds is 5. The molecule has 4 nitrogen and oxygen atoms in total. The largest absolute Gasteiger partial charge is 0.393 e. The molecule has 1 heterocycles. The van der Waals surface area contributed by atoms with E-state index in [-0.39, 0.29) is 5.91 Å². The molecule has 0 unspecified atom stereocenters. The average molecular weight is 285 g/mol. The van der Waals surface area contributed by atoms with Gasteiger partial charge in [-0.2, -0.15) is 0 Å². The minimum absolute atomic E-state index is 0.131. The Morgan fingerprint density at radius 1 is 1.20 bits per heavy atom. The predicted octanol–water partition coefficient (Wildman–Crippen LogP) is 1.84. The predicted molar refractivity (Wildman–Crippen MR) is 82.3 cm³/mol. The Morgan fingerprint density at radius 3 is 2.60 bits per heavy atom. The van der Waals surface area contributed by atoms with Crippen molar-refractivity contribution in [3.63, 3.8) is 0 Å². The zero-order chi connectivity index (χ0) is 14.4. The van der Waals surface area contributed by atoms with Gasteiger partial charge in [-0.3, -0.25) is 9.78 Å². The molecule has 0 bridgehead atoms. The van der Waals surface area contributed by atoms with Gasteiger partial charge < -0.3 is 11.1 Å². The molecule has 5 heteroatoms. The first-order valence-electron chi connectivity index (χ1n) is 6.20. The summed E-state index contributed by atoms with van der Waals surface area (Å²) in [5.41, 5.74) is 8.00. The maximum Gasteiger partial charge on any atom is 0.251 e. The van der Waals surface area contributed by atoms with E-state index in [0.717, 1.165) is 11.1 Å². The molecule has 0 saturated carbocycles. The highest BCUT2D eigenvalue weighted by molar-refractivity contribution is 7.80. The fourth-order valence-electron chi connectivity index (χ4n) is 1.86. The number of hydrogen-bond acceptors (Lipinski definition) is 3. The van der Waals surface area contributed by atoms with E-state index in [4.69, 9.17) is 18.0 Å². The lowest BCUT2D eigenvalue weighted by atomic mass is 10.0. The van der Waals surface area contributed by atoms with Crippen molar-refractivity contribution in [2.75, 3.05) is 0 Å². The Bertz CT molecular complexity index is 614. The number of aromatic nitrogens is 1. The molecule has 2 aromatic rings. The van der Waals surface area contributed by atoms with E-state index in [1.54, 1.807) is 18.5 Å². The molecule has 1 aromatic carbocycles. The summed E-state index contributed by atoms with van der Waals surface area (Å²) in [7, 11) is 0. The summed E-state index contributed by atoms with van der Waals surface area (Å²) in [5.74, 6) is -0.131. The van der Waals surface area contributed by atoms with Gasteiger partial charge >= 0.3 is 0 Å². The van der Waals surface area contributed by atoms with Crippen LogP contribution in [0.3, 0.4) is 0 Å². The highest BCUT2D eigenvalue weighted by Crippen LogP contribution is 2.10. The van der Waals surface area contributed by atoms with E-state index in [0.29, 0.717) is 23.5 Å². The topological polar surface area (TPSA) is 68.0 Å². The average Bonchev–Trinajstić information content (AvgIpc) is 2.46. The van der Waals surface area contributed by atoms with Gasteiger partial charge in [0.1, 0.15) is 0 Å². The van der Waals surface area contributed by atoms with Crippen molar-refractivity contribution >= 4 is 23.1 Å². The number of thiocarbonyl (C=S) groups is 1. The fourth-order valence-corrected chi connectivity index (χ4v) is 2.02. The third kappa shape index (κ3) is 3.86. The smallest absolute Gasteiger partial charge is 0.251 e. The summed E-state index contributed by atoms with van der Waals surface area (Å²) in [4.78, 5) is 16.5. The molecule has 20 heavy (non-hydrogen) atoms. The number of nitrogens with zero attached hydrogens (tertiary/aromatic N) is 1. The molecule has 0 aliphatic rings. The maximum absolute atomic E-state index is 12.2. The van der Waals surface area contributed by atoms with E-state index in [1.807, 2.05) is 30.3 Å². The SMILES string of the molecule is NC(=S)Cc1ccccc1C(=O)NCc1ccncc1. The number of benzene rings is 1. The minimum atomic E-state index is -0.131. The molecule has 1 amide bonds. The van der Waals surface area contributed by atoms with E-state index >= 15 is 0 Å². The van der Waals surface area contributed by atoms with Gasteiger partial charge in [-0.1, -0.05) is 30.4 Å². The molecule has 102 valence electrons. The summed E-state index contributed by atoms with van der Waals surface area (Å²) in [6.45, 7) is 0.461. The lowest BCUT2D eigenvalue weighted by Crippen LogP contribution is -2.25. The van der Waals surface area contributed by atoms with Crippen LogP contribution in [0.25, 0.3) is 0 Å². The summed E-state index contributed by atoms with van der Waals surface area (Å²) >= 11 is 4.90. The quantitative estimate of drug-likeness (QED) is 0.823. The van der Waals surface area contributed by atoms with E-state index in [2.05, 4.69) is 10.3 Å². The minimum Gasteiger partial charge on any atom is -0.393 e. The van der Waals surface area contributed by atoms with Crippen molar-refractivity contribution < 1.29 is 4.79 Å². The number of hydrogen-bond donors (Lipinski definition) is 2. The number of nitrogens with two attached hydrogens (primary N) is 1. The summed E-state index contributed by atoms with van der Waals surface area (Å²) in [6.07, 6.45) is 3.82. The molecule has 0 saturated heterocycles. The van der Waals surface area contributed by atoms with Gasteiger partial charge in [-0.25, -0.2) is 0 Å². The maximum atomic E-state index is 12.2. The van der Waals surface area contributed by atoms with Crippen LogP contribution >= 0.6 is 12.2 Å². The molecule has 0 aliphatic heterocycles. The Morgan fingerprint density at radius 2 is 1.90 bits per heavy atom. The van der Waals surface area contributed by atoms with Crippen LogP contribution in [0.2, 0.25) is 0 Å². The van der Waals surface area contributed by atoms with Crippen LogP contribution in [0.5, 0.6) is 0 Å². The van der Waals surface area contributed by atoms with Crippen molar-refractivity contribution in [1.29, 1.82) is 0 Å². The summed E-state index contributed by atoms with van der Waals surface area (Å²) in [6, 6.07) is 11.1. The van der Waals surface area contributed by atoms with Crippen molar-refractivity contribution in [3.8, 4) is 0 Å². The summed E-state index contributed by atoms with van der Waals surface area (Å²) in [5, 5.41) is 2.88. The number of nitrogens with one attached hydrogen (secondary N) is 1. The monoisotopic (exact) mass is 285 g/mol. The highest BCUT2D eigenvalue weighted by atomic mass is 32.1. The highest BCUT2D eigenvalue weighted by Gasteiger charge is 2.10. The first-order valence-corrected chi connectivity index (χ1v) is 6.61. The van der Waals surface area contributed by atoms with Crippen LogP contribution < -0.4 is 11.1 Å². The van der Waals surface area contributed by atoms with Gasteiger partial charge in [0.2, 0.25) is 0 Å². The Hall–Kier alpha value is -2.27. The molecule has 0 spiro atoms. The van der Waals surface area contributed by atoms with Crippen LogP contribution in [-0.4, -0.2) is 15.9 Å². The van der Waals surface area contributed by atoms with Crippen molar-refractivity contribution in [3.05, 3.63) is 65.5 Å². The van der Waals surface area contributed by atoms with Gasteiger partial charge in [0.25, 0.3) is 5.91 Å². The summed E-state index contributed by atoms with van der Waals surface area (Å²) < 4.78 is 0. The third-order valence-corrected chi connectivity index (χ3v) is 2.97. The second-order valence-corrected chi connectivity index (χ2v) is 4.86. The first-order chi connectivity index (χ1) is 9.66. The van der Waals surface area contributed by atoms with Crippen molar-refractivity contribution in [2.45, 2.75) is 13.0 Å². The molecule has 0 aliphatic carbocycles. The normalized spacial score (nSPS) is 10.0. The number of amides is 1. The third-order valence-electron chi connectivity index (χ3n) is 2.83. The second-order valence-electron chi connectivity index (χ2n) is 4.34. The first kappa shape index (κ1) is 14.1. The fraction of sp³-hybridized carbons (Fsp3) is 0.133. The Kier molecular flexibility index (Phi) is 4.79. The van der Waals surface area contributed by atoms with Gasteiger partial charge in [0.05, 0.1) is 4.99 Å². The van der Waals surface area contributed by atoms with E-state index < -0.39 is 0 Å². The molecule has 0 fully saturated rings. The Balaban J connectivity index is 2.07. The zero-order valence-electron chi connectivity index (χ0n) is 10.9. The molecular formula is C15H15N3OS. The van der Waals surface area contributed by atoms with Crippen molar-refractivity contribution in [1.82, 2.24) is 10.3 Å². The molecule has 0 atom stereocenters. The lowest BCUT2D eigenvalue weighted by molar-refractivity contribution is 0.0950. The second kappa shape index (κ2) is 6.77. The van der Waals surface area contributed by atoms with Gasteiger partial charge in [-0.15, -0.1) is 0 Å². The zero-order valence-corrected chi connectivity index (χ0v) is 11.7. The Labute approximate surface area is 123 Å². The van der Waals surface area contributed by atoms with Crippen LogP contribution in [0.4, 0.5) is 0 Å². The molecular weight excluding hydrogens is 270 g/mol. The molecule has 2 rings (SSSR count). The number of carbonyl (C=O) groups is 1. The van der Waals surface area contributed by atoms with E-state index in [1.165, 1.54) is 0 Å². The lowest BCUT2D eigenvalue weighted by Gasteiger charge is -2.09. The van der Waals surface area contributed by atoms with Gasteiger partial charge in [-0.05, 0) is 29.3 Å². The molecule has 0 radical (unpaired) electrons. The van der Waals surface area contributed by atoms with E-state index in [9.17, 15) is 4.79 Å². The van der Waals surface area contributed by atoms with Gasteiger partial charge in [0, 0.05) is 30.9 Å². The number of carbonyl (C=O) groups excluding carboxylic acids is 1. The van der Waals surface area contributed by atoms with Crippen molar-refractivity contribution in [2.24, 2.45) is 5.73 Å². The van der Waals surface area contributed by atoms with Crippen LogP contribution in [0.1, 0.15) is 21.5 Å². The van der Waals surface area contributed by atoms with Crippen LogP contribution in [0.15, 0.2) is 48.8 Å². The van der Waals surface area contributed by atoms with Crippen LogP contribution in [0, 0.1) is 0 Å². The number of pyridine rings is 1. The van der Waals surface area contributed by atoms with Gasteiger partial charge in [0.15, 0.2) is 0 Å².